The Balaban J connectivity index is 1.89. The first kappa shape index (κ1) is 22.0. The fourth-order valence-electron chi connectivity index (χ4n) is 3.84. The van der Waals surface area contributed by atoms with E-state index in [0.29, 0.717) is 35.8 Å². The number of benzene rings is 1. The highest BCUT2D eigenvalue weighted by Crippen LogP contribution is 2.34. The lowest BCUT2D eigenvalue weighted by Gasteiger charge is -2.32. The van der Waals surface area contributed by atoms with Gasteiger partial charge in [-0.15, -0.1) is 0 Å². The van der Waals surface area contributed by atoms with Gasteiger partial charge in [-0.2, -0.15) is 0 Å². The largest absolute Gasteiger partial charge is 0.379 e. The Labute approximate surface area is 176 Å². The molecule has 0 atom stereocenters. The highest BCUT2D eigenvalue weighted by Gasteiger charge is 2.41. The second-order valence-corrected chi connectivity index (χ2v) is 8.23. The Morgan fingerprint density at radius 1 is 1.13 bits per heavy atom. The number of imide groups is 1. The number of piperidine rings is 1. The van der Waals surface area contributed by atoms with Gasteiger partial charge in [-0.3, -0.25) is 24.6 Å². The first-order valence-corrected chi connectivity index (χ1v) is 10.5. The summed E-state index contributed by atoms with van der Waals surface area (Å²) in [6, 6.07) is 5.84. The van der Waals surface area contributed by atoms with Gasteiger partial charge in [-0.05, 0) is 56.7 Å². The van der Waals surface area contributed by atoms with Crippen LogP contribution in [0.4, 0.5) is 5.69 Å². The van der Waals surface area contributed by atoms with E-state index in [1.807, 2.05) is 18.7 Å². The zero-order valence-corrected chi connectivity index (χ0v) is 17.8. The number of nitro groups is 1. The minimum Gasteiger partial charge on any atom is -0.379 e. The Morgan fingerprint density at radius 3 is 2.33 bits per heavy atom. The molecule has 30 heavy (non-hydrogen) atoms. The summed E-state index contributed by atoms with van der Waals surface area (Å²) in [5.74, 6) is -0.0411. The normalized spacial score (nSPS) is 18.1. The van der Waals surface area contributed by atoms with Crippen molar-refractivity contribution in [2.45, 2.75) is 46.1 Å². The number of nitro benzene ring substituents is 1. The number of amides is 2. The lowest BCUT2D eigenvalue weighted by molar-refractivity contribution is -0.384. The van der Waals surface area contributed by atoms with E-state index in [1.165, 1.54) is 17.0 Å². The fraction of sp³-hybridized carbons (Fsp3) is 0.545. The van der Waals surface area contributed by atoms with Gasteiger partial charge >= 0.3 is 0 Å². The Bertz CT molecular complexity index is 839. The van der Waals surface area contributed by atoms with E-state index < -0.39 is 4.92 Å². The van der Waals surface area contributed by atoms with Crippen molar-refractivity contribution in [3.05, 3.63) is 45.6 Å². The van der Waals surface area contributed by atoms with Crippen molar-refractivity contribution >= 4 is 23.1 Å². The van der Waals surface area contributed by atoms with Crippen molar-refractivity contribution in [1.82, 2.24) is 9.80 Å². The molecule has 2 aliphatic heterocycles. The summed E-state index contributed by atoms with van der Waals surface area (Å²) >= 11 is 0. The summed E-state index contributed by atoms with van der Waals surface area (Å²) in [7, 11) is 0. The van der Waals surface area contributed by atoms with Crippen molar-refractivity contribution < 1.29 is 19.2 Å². The summed E-state index contributed by atoms with van der Waals surface area (Å²) in [5.41, 5.74) is 1.25. The lowest BCUT2D eigenvalue weighted by Crippen LogP contribution is -2.39. The van der Waals surface area contributed by atoms with Crippen LogP contribution in [0.1, 0.15) is 45.6 Å². The Morgan fingerprint density at radius 2 is 1.77 bits per heavy atom. The molecule has 0 N–H and O–H groups in total. The SMILES string of the molecule is CC1CCN(C2=C(c3ccc([N+](=O)[O-])cc3)C(=O)N(CCCOC(C)C)C2=O)CC1. The first-order chi connectivity index (χ1) is 14.3. The molecule has 2 aliphatic rings. The van der Waals surface area contributed by atoms with E-state index in [0.717, 1.165) is 25.9 Å². The third-order valence-corrected chi connectivity index (χ3v) is 5.59. The van der Waals surface area contributed by atoms with Gasteiger partial charge in [0.1, 0.15) is 5.70 Å². The van der Waals surface area contributed by atoms with Crippen molar-refractivity contribution in [3.63, 3.8) is 0 Å². The van der Waals surface area contributed by atoms with Gasteiger partial charge in [0.05, 0.1) is 16.6 Å². The predicted molar refractivity (Wildman–Crippen MR) is 112 cm³/mol. The molecule has 8 nitrogen and oxygen atoms in total. The number of carbonyl (C=O) groups is 2. The average molecular weight is 415 g/mol. The number of hydrogen-bond acceptors (Lipinski definition) is 6. The van der Waals surface area contributed by atoms with Crippen LogP contribution in [0.5, 0.6) is 0 Å². The summed E-state index contributed by atoms with van der Waals surface area (Å²) in [6.07, 6.45) is 2.57. The van der Waals surface area contributed by atoms with E-state index in [4.69, 9.17) is 4.74 Å². The third kappa shape index (κ3) is 4.70. The summed E-state index contributed by atoms with van der Waals surface area (Å²) in [6.45, 7) is 8.26. The van der Waals surface area contributed by atoms with Crippen molar-refractivity contribution in [3.8, 4) is 0 Å². The molecule has 2 heterocycles. The second kappa shape index (κ2) is 9.38. The topological polar surface area (TPSA) is 93.0 Å². The van der Waals surface area contributed by atoms with Crippen LogP contribution in [0.3, 0.4) is 0 Å². The van der Waals surface area contributed by atoms with Crippen molar-refractivity contribution in [2.75, 3.05) is 26.2 Å². The molecule has 162 valence electrons. The summed E-state index contributed by atoms with van der Waals surface area (Å²) in [5, 5.41) is 11.0. The lowest BCUT2D eigenvalue weighted by atomic mass is 9.97. The molecule has 0 radical (unpaired) electrons. The molecule has 1 aromatic rings. The molecule has 0 saturated carbocycles. The summed E-state index contributed by atoms with van der Waals surface area (Å²) < 4.78 is 5.54. The third-order valence-electron chi connectivity index (χ3n) is 5.59. The van der Waals surface area contributed by atoms with E-state index in [1.54, 1.807) is 12.1 Å². The van der Waals surface area contributed by atoms with Gasteiger partial charge in [0, 0.05) is 38.4 Å². The maximum Gasteiger partial charge on any atom is 0.277 e. The minimum absolute atomic E-state index is 0.0489. The Hall–Kier alpha value is -2.74. The molecule has 1 saturated heterocycles. The summed E-state index contributed by atoms with van der Waals surface area (Å²) in [4.78, 5) is 40.3. The number of rotatable bonds is 8. The minimum atomic E-state index is -0.478. The smallest absolute Gasteiger partial charge is 0.277 e. The second-order valence-electron chi connectivity index (χ2n) is 8.23. The van der Waals surface area contributed by atoms with Crippen LogP contribution in [0, 0.1) is 16.0 Å². The Kier molecular flexibility index (Phi) is 6.87. The zero-order valence-electron chi connectivity index (χ0n) is 17.8. The van der Waals surface area contributed by atoms with Gasteiger partial charge in [0.15, 0.2) is 0 Å². The van der Waals surface area contributed by atoms with Crippen LogP contribution < -0.4 is 0 Å². The van der Waals surface area contributed by atoms with Crippen LogP contribution in [0.25, 0.3) is 5.57 Å². The fourth-order valence-corrected chi connectivity index (χ4v) is 3.84. The van der Waals surface area contributed by atoms with Gasteiger partial charge in [0.25, 0.3) is 17.5 Å². The average Bonchev–Trinajstić information content (AvgIpc) is 2.96. The predicted octanol–water partition coefficient (Wildman–Crippen LogP) is 3.22. The van der Waals surface area contributed by atoms with Crippen molar-refractivity contribution in [2.24, 2.45) is 5.92 Å². The molecule has 0 unspecified atom stereocenters. The quantitative estimate of drug-likeness (QED) is 0.280. The van der Waals surface area contributed by atoms with Crippen LogP contribution in [-0.4, -0.2) is 58.9 Å². The number of likely N-dealkylation sites (tertiary alicyclic amines) is 1. The molecular formula is C22H29N3O5. The molecule has 0 spiro atoms. The molecule has 0 aliphatic carbocycles. The molecule has 1 fully saturated rings. The monoisotopic (exact) mass is 415 g/mol. The van der Waals surface area contributed by atoms with Gasteiger partial charge in [-0.25, -0.2) is 0 Å². The molecule has 3 rings (SSSR count). The van der Waals surface area contributed by atoms with Gasteiger partial charge in [-0.1, -0.05) is 6.92 Å². The number of carbonyl (C=O) groups excluding carboxylic acids is 2. The van der Waals surface area contributed by atoms with E-state index in [-0.39, 0.29) is 30.2 Å². The standard InChI is InChI=1S/C22H29N3O5/c1-15(2)30-14-4-11-24-21(26)19(17-5-7-18(8-6-17)25(28)29)20(22(24)27)23-12-9-16(3)10-13-23/h5-8,15-16H,4,9-14H2,1-3H3. The van der Waals surface area contributed by atoms with E-state index >= 15 is 0 Å². The van der Waals surface area contributed by atoms with Crippen LogP contribution in [0.2, 0.25) is 0 Å². The first-order valence-electron chi connectivity index (χ1n) is 10.5. The molecule has 2 amide bonds. The number of non-ortho nitro benzene ring substituents is 1. The maximum atomic E-state index is 13.2. The molecule has 0 bridgehead atoms. The number of ether oxygens (including phenoxy) is 1. The van der Waals surface area contributed by atoms with E-state index in [2.05, 4.69) is 6.92 Å². The van der Waals surface area contributed by atoms with Crippen LogP contribution in [-0.2, 0) is 14.3 Å². The van der Waals surface area contributed by atoms with Crippen LogP contribution >= 0.6 is 0 Å². The maximum absolute atomic E-state index is 13.2. The molecule has 0 aromatic heterocycles. The zero-order chi connectivity index (χ0) is 21.8. The molecule has 1 aromatic carbocycles. The number of hydrogen-bond donors (Lipinski definition) is 0. The molecule has 8 heteroatoms. The highest BCUT2D eigenvalue weighted by atomic mass is 16.6. The van der Waals surface area contributed by atoms with Gasteiger partial charge in [0.2, 0.25) is 0 Å². The highest BCUT2D eigenvalue weighted by molar-refractivity contribution is 6.35. The van der Waals surface area contributed by atoms with Crippen molar-refractivity contribution in [1.29, 1.82) is 0 Å². The number of nitrogens with zero attached hydrogens (tertiary/aromatic N) is 3. The van der Waals surface area contributed by atoms with Crippen LogP contribution in [0.15, 0.2) is 30.0 Å². The van der Waals surface area contributed by atoms with Gasteiger partial charge < -0.3 is 9.64 Å². The molecular weight excluding hydrogens is 386 g/mol. The van der Waals surface area contributed by atoms with E-state index in [9.17, 15) is 19.7 Å².